The molecule has 0 spiro atoms. The number of aromatic nitrogens is 4. The summed E-state index contributed by atoms with van der Waals surface area (Å²) in [6.07, 6.45) is 0.664. The van der Waals surface area contributed by atoms with Crippen molar-refractivity contribution >= 4 is 15.7 Å². The predicted molar refractivity (Wildman–Crippen MR) is 81.4 cm³/mol. The lowest BCUT2D eigenvalue weighted by Crippen LogP contribution is -2.34. The number of alkyl halides is 2. The number of halogens is 3. The minimum absolute atomic E-state index is 0.00650. The Morgan fingerprint density at radius 3 is 2.69 bits per heavy atom. The van der Waals surface area contributed by atoms with Crippen LogP contribution in [0.25, 0.3) is 17.2 Å². The van der Waals surface area contributed by atoms with Crippen molar-refractivity contribution in [3.05, 3.63) is 30.2 Å². The zero-order chi connectivity index (χ0) is 18.7. The zero-order valence-corrected chi connectivity index (χ0v) is 14.1. The van der Waals surface area contributed by atoms with Crippen LogP contribution in [0.3, 0.4) is 0 Å². The fourth-order valence-corrected chi connectivity index (χ4v) is 3.90. The number of hydrogen-bond donors (Lipinski definition) is 1. The average Bonchev–Trinajstić information content (AvgIpc) is 3.00. The second-order valence-corrected chi connectivity index (χ2v) is 7.96. The van der Waals surface area contributed by atoms with Crippen LogP contribution < -0.4 is 4.72 Å². The summed E-state index contributed by atoms with van der Waals surface area (Å²) in [5, 5.41) is 6.67. The van der Waals surface area contributed by atoms with Crippen molar-refractivity contribution in [1.82, 2.24) is 24.3 Å². The molecule has 1 fully saturated rings. The molecule has 0 saturated heterocycles. The first-order valence-corrected chi connectivity index (χ1v) is 8.99. The zero-order valence-electron chi connectivity index (χ0n) is 13.3. The number of rotatable bonds is 5. The van der Waals surface area contributed by atoms with Gasteiger partial charge in [0, 0.05) is 11.7 Å². The van der Waals surface area contributed by atoms with E-state index in [0.717, 1.165) is 22.9 Å². The van der Waals surface area contributed by atoms with Crippen LogP contribution in [-0.2, 0) is 10.0 Å². The molecule has 0 aromatic carbocycles. The van der Waals surface area contributed by atoms with Gasteiger partial charge in [0.1, 0.15) is 10.6 Å². The Balaban J connectivity index is 1.82. The van der Waals surface area contributed by atoms with Crippen molar-refractivity contribution < 1.29 is 26.0 Å². The van der Waals surface area contributed by atoms with Crippen molar-refractivity contribution in [2.75, 3.05) is 0 Å². The van der Waals surface area contributed by atoms with Gasteiger partial charge in [-0.15, -0.1) is 10.2 Å². The fourth-order valence-electron chi connectivity index (χ4n) is 2.43. The van der Waals surface area contributed by atoms with Gasteiger partial charge >= 0.3 is 6.43 Å². The SMILES string of the molecule is CC1(NS(=O)(=O)c2cc(F)c3ncc(-c4nnc(C(F)F)o4)n3c2)CC1. The summed E-state index contributed by atoms with van der Waals surface area (Å²) >= 11 is 0. The third kappa shape index (κ3) is 2.84. The molecule has 8 nitrogen and oxygen atoms in total. The van der Waals surface area contributed by atoms with E-state index >= 15 is 0 Å². The molecule has 1 aliphatic rings. The van der Waals surface area contributed by atoms with Crippen LogP contribution in [0.2, 0.25) is 0 Å². The summed E-state index contributed by atoms with van der Waals surface area (Å²) in [6, 6.07) is 0.846. The predicted octanol–water partition coefficient (Wildman–Crippen LogP) is 2.29. The maximum absolute atomic E-state index is 14.3. The van der Waals surface area contributed by atoms with Crippen LogP contribution in [0, 0.1) is 5.82 Å². The second-order valence-electron chi connectivity index (χ2n) is 6.27. The highest BCUT2D eigenvalue weighted by atomic mass is 32.2. The Kier molecular flexibility index (Phi) is 3.60. The highest BCUT2D eigenvalue weighted by Gasteiger charge is 2.41. The van der Waals surface area contributed by atoms with Crippen molar-refractivity contribution in [3.63, 3.8) is 0 Å². The molecular weight excluding hydrogens is 375 g/mol. The summed E-state index contributed by atoms with van der Waals surface area (Å²) in [5.41, 5.74) is -0.748. The molecule has 4 rings (SSSR count). The van der Waals surface area contributed by atoms with Gasteiger partial charge in [0.2, 0.25) is 10.0 Å². The normalized spacial score (nSPS) is 16.5. The Hall–Kier alpha value is -2.47. The molecule has 12 heteroatoms. The van der Waals surface area contributed by atoms with Gasteiger partial charge < -0.3 is 4.42 Å². The van der Waals surface area contributed by atoms with Gasteiger partial charge in [0.05, 0.1) is 6.20 Å². The lowest BCUT2D eigenvalue weighted by atomic mass is 10.4. The van der Waals surface area contributed by atoms with Crippen LogP contribution in [0.4, 0.5) is 13.2 Å². The molecule has 0 unspecified atom stereocenters. The van der Waals surface area contributed by atoms with Gasteiger partial charge in [0.25, 0.3) is 11.8 Å². The first-order chi connectivity index (χ1) is 12.2. The van der Waals surface area contributed by atoms with Crippen molar-refractivity contribution in [1.29, 1.82) is 0 Å². The molecule has 3 aromatic heterocycles. The minimum atomic E-state index is -3.98. The highest BCUT2D eigenvalue weighted by molar-refractivity contribution is 7.89. The highest BCUT2D eigenvalue weighted by Crippen LogP contribution is 2.36. The van der Waals surface area contributed by atoms with Gasteiger partial charge in [-0.05, 0) is 25.8 Å². The monoisotopic (exact) mass is 387 g/mol. The first kappa shape index (κ1) is 17.0. The van der Waals surface area contributed by atoms with E-state index in [0.29, 0.717) is 12.8 Å². The van der Waals surface area contributed by atoms with Crippen LogP contribution in [0.15, 0.2) is 27.8 Å². The summed E-state index contributed by atoms with van der Waals surface area (Å²) < 4.78 is 72.9. The lowest BCUT2D eigenvalue weighted by molar-refractivity contribution is 0.116. The average molecular weight is 387 g/mol. The number of hydrogen-bond acceptors (Lipinski definition) is 6. The van der Waals surface area contributed by atoms with E-state index in [9.17, 15) is 21.6 Å². The molecule has 1 N–H and O–H groups in total. The number of sulfonamides is 1. The Bertz CT molecular complexity index is 1100. The van der Waals surface area contributed by atoms with Crippen molar-refractivity contribution in [3.8, 4) is 11.6 Å². The van der Waals surface area contributed by atoms with Crippen molar-refractivity contribution in [2.24, 2.45) is 0 Å². The molecule has 138 valence electrons. The lowest BCUT2D eigenvalue weighted by Gasteiger charge is -2.12. The molecule has 0 amide bonds. The summed E-state index contributed by atoms with van der Waals surface area (Å²) in [4.78, 5) is 3.49. The molecular formula is C14H12F3N5O3S. The Labute approximate surface area is 145 Å². The van der Waals surface area contributed by atoms with E-state index in [4.69, 9.17) is 4.42 Å². The number of nitrogens with zero attached hydrogens (tertiary/aromatic N) is 4. The van der Waals surface area contributed by atoms with Gasteiger partial charge in [-0.2, -0.15) is 8.78 Å². The Morgan fingerprint density at radius 1 is 1.35 bits per heavy atom. The van der Waals surface area contributed by atoms with Crippen LogP contribution in [-0.4, -0.2) is 33.5 Å². The summed E-state index contributed by atoms with van der Waals surface area (Å²) in [7, 11) is -3.98. The standard InChI is InChI=1S/C14H12F3N5O3S/c1-14(2-3-14)21-26(23,24)7-4-8(15)11-18-5-9(22(11)6-7)12-19-20-13(25-12)10(16)17/h4-6,10,21H,2-3H2,1H3. The molecule has 3 heterocycles. The summed E-state index contributed by atoms with van der Waals surface area (Å²) in [6.45, 7) is 1.74. The number of imidazole rings is 1. The maximum Gasteiger partial charge on any atom is 0.314 e. The molecule has 0 aliphatic heterocycles. The third-order valence-corrected chi connectivity index (χ3v) is 5.68. The van der Waals surface area contributed by atoms with E-state index in [1.165, 1.54) is 0 Å². The number of fused-ring (bicyclic) bond motifs is 1. The quantitative estimate of drug-likeness (QED) is 0.721. The molecule has 0 bridgehead atoms. The molecule has 1 aliphatic carbocycles. The first-order valence-electron chi connectivity index (χ1n) is 7.51. The minimum Gasteiger partial charge on any atom is -0.414 e. The third-order valence-electron chi connectivity index (χ3n) is 4.07. The molecule has 0 atom stereocenters. The summed E-state index contributed by atoms with van der Waals surface area (Å²) in [5.74, 6) is -2.12. The topological polar surface area (TPSA) is 102 Å². The molecule has 3 aromatic rings. The largest absolute Gasteiger partial charge is 0.414 e. The van der Waals surface area contributed by atoms with Gasteiger partial charge in [-0.3, -0.25) is 4.40 Å². The van der Waals surface area contributed by atoms with E-state index < -0.39 is 33.7 Å². The van der Waals surface area contributed by atoms with Crippen LogP contribution in [0.1, 0.15) is 32.1 Å². The molecule has 0 radical (unpaired) electrons. The molecule has 1 saturated carbocycles. The van der Waals surface area contributed by atoms with E-state index in [2.05, 4.69) is 19.9 Å². The van der Waals surface area contributed by atoms with Gasteiger partial charge in [-0.1, -0.05) is 0 Å². The van der Waals surface area contributed by atoms with E-state index in [-0.39, 0.29) is 22.1 Å². The fraction of sp³-hybridized carbons (Fsp3) is 0.357. The van der Waals surface area contributed by atoms with E-state index in [1.807, 2.05) is 0 Å². The van der Waals surface area contributed by atoms with Gasteiger partial charge in [-0.25, -0.2) is 22.5 Å². The second kappa shape index (κ2) is 5.51. The van der Waals surface area contributed by atoms with Crippen LogP contribution in [0.5, 0.6) is 0 Å². The maximum atomic E-state index is 14.3. The van der Waals surface area contributed by atoms with Gasteiger partial charge in [0.15, 0.2) is 11.5 Å². The van der Waals surface area contributed by atoms with Crippen molar-refractivity contribution in [2.45, 2.75) is 36.6 Å². The smallest absolute Gasteiger partial charge is 0.314 e. The van der Waals surface area contributed by atoms with E-state index in [1.54, 1.807) is 6.92 Å². The Morgan fingerprint density at radius 2 is 2.08 bits per heavy atom. The number of nitrogens with one attached hydrogen (secondary N) is 1. The molecule has 26 heavy (non-hydrogen) atoms. The van der Waals surface area contributed by atoms with Crippen LogP contribution >= 0.6 is 0 Å². The number of pyridine rings is 1.